The fraction of sp³-hybridized carbons (Fsp3) is 0.333. The van der Waals surface area contributed by atoms with E-state index in [1.807, 2.05) is 11.3 Å². The van der Waals surface area contributed by atoms with Gasteiger partial charge in [0.1, 0.15) is 5.50 Å². The Bertz CT molecular complexity index is 482. The van der Waals surface area contributed by atoms with Crippen molar-refractivity contribution in [2.24, 2.45) is 0 Å². The molecule has 0 aromatic carbocycles. The number of alkyl halides is 1. The number of hydrogen-bond acceptors (Lipinski definition) is 2. The molecular formula is C12H12ClNS. The van der Waals surface area contributed by atoms with Crippen molar-refractivity contribution in [3.05, 3.63) is 39.7 Å². The Labute approximate surface area is 98.5 Å². The molecule has 0 amide bonds. The molecule has 2 heterocycles. The molecule has 1 aromatic heterocycles. The summed E-state index contributed by atoms with van der Waals surface area (Å²) in [6, 6.07) is 2.23. The van der Waals surface area contributed by atoms with Gasteiger partial charge in [-0.25, -0.2) is 0 Å². The summed E-state index contributed by atoms with van der Waals surface area (Å²) < 4.78 is 0. The molecule has 78 valence electrons. The van der Waals surface area contributed by atoms with Gasteiger partial charge in [-0.05, 0) is 28.7 Å². The molecule has 1 unspecified atom stereocenters. The van der Waals surface area contributed by atoms with E-state index in [9.17, 15) is 0 Å². The second-order valence-electron chi connectivity index (χ2n) is 4.50. The van der Waals surface area contributed by atoms with Gasteiger partial charge in [0.05, 0.1) is 0 Å². The molecule has 0 bridgehead atoms. The molecule has 1 N–H and O–H groups in total. The highest BCUT2D eigenvalue weighted by molar-refractivity contribution is 7.11. The number of allylic oxidation sites excluding steroid dienone is 2. The number of halogens is 1. The van der Waals surface area contributed by atoms with E-state index in [0.717, 1.165) is 0 Å². The third-order valence-corrected chi connectivity index (χ3v) is 4.45. The van der Waals surface area contributed by atoms with Crippen LogP contribution in [-0.4, -0.2) is 5.50 Å². The van der Waals surface area contributed by atoms with Crippen LogP contribution in [0.5, 0.6) is 0 Å². The maximum atomic E-state index is 6.09. The zero-order valence-corrected chi connectivity index (χ0v) is 10.2. The molecule has 0 radical (unpaired) electrons. The van der Waals surface area contributed by atoms with Gasteiger partial charge in [-0.3, -0.25) is 0 Å². The normalized spacial score (nSPS) is 26.2. The zero-order valence-electron chi connectivity index (χ0n) is 8.67. The first kappa shape index (κ1) is 9.49. The minimum atomic E-state index is -0.0722. The highest BCUT2D eigenvalue weighted by Crippen LogP contribution is 2.52. The number of fused-ring (bicyclic) bond motifs is 3. The van der Waals surface area contributed by atoms with Crippen LogP contribution in [0.25, 0.3) is 5.57 Å². The van der Waals surface area contributed by atoms with Crippen LogP contribution < -0.4 is 5.32 Å². The minimum Gasteiger partial charge on any atom is -0.371 e. The first-order valence-electron chi connectivity index (χ1n) is 5.02. The van der Waals surface area contributed by atoms with Crippen molar-refractivity contribution in [2.75, 3.05) is 0 Å². The summed E-state index contributed by atoms with van der Waals surface area (Å²) in [5.74, 6) is 0. The fourth-order valence-corrected chi connectivity index (χ4v) is 3.69. The topological polar surface area (TPSA) is 12.0 Å². The Morgan fingerprint density at radius 3 is 3.07 bits per heavy atom. The van der Waals surface area contributed by atoms with Gasteiger partial charge in [-0.1, -0.05) is 25.4 Å². The van der Waals surface area contributed by atoms with Crippen molar-refractivity contribution in [1.82, 2.24) is 5.32 Å². The largest absolute Gasteiger partial charge is 0.371 e. The summed E-state index contributed by atoms with van der Waals surface area (Å²) in [7, 11) is 0. The van der Waals surface area contributed by atoms with E-state index in [2.05, 4.69) is 42.9 Å². The molecule has 1 nitrogen and oxygen atoms in total. The lowest BCUT2D eigenvalue weighted by molar-refractivity contribution is 0.653. The summed E-state index contributed by atoms with van der Waals surface area (Å²) in [6.45, 7) is 4.53. The van der Waals surface area contributed by atoms with E-state index >= 15 is 0 Å². The number of thiophene rings is 1. The van der Waals surface area contributed by atoms with Gasteiger partial charge in [0, 0.05) is 22.1 Å². The first-order chi connectivity index (χ1) is 7.10. The lowest BCUT2D eigenvalue weighted by atomic mass is 9.82. The van der Waals surface area contributed by atoms with Crippen molar-refractivity contribution in [2.45, 2.75) is 24.8 Å². The Hall–Kier alpha value is -0.730. The molecule has 3 rings (SSSR count). The maximum Gasteiger partial charge on any atom is 0.120 e. The Morgan fingerprint density at radius 1 is 1.47 bits per heavy atom. The molecule has 0 saturated carbocycles. The summed E-state index contributed by atoms with van der Waals surface area (Å²) in [6.07, 6.45) is 4.18. The van der Waals surface area contributed by atoms with Gasteiger partial charge in [-0.2, -0.15) is 0 Å². The van der Waals surface area contributed by atoms with Gasteiger partial charge >= 0.3 is 0 Å². The van der Waals surface area contributed by atoms with E-state index in [4.69, 9.17) is 11.6 Å². The van der Waals surface area contributed by atoms with Crippen LogP contribution >= 0.6 is 22.9 Å². The van der Waals surface area contributed by atoms with Crippen molar-refractivity contribution < 1.29 is 0 Å². The van der Waals surface area contributed by atoms with Crippen LogP contribution in [-0.2, 0) is 5.41 Å². The predicted molar refractivity (Wildman–Crippen MR) is 66.2 cm³/mol. The average molecular weight is 238 g/mol. The summed E-state index contributed by atoms with van der Waals surface area (Å²) in [4.78, 5) is 1.39. The van der Waals surface area contributed by atoms with Crippen LogP contribution in [0.1, 0.15) is 24.3 Å². The quantitative estimate of drug-likeness (QED) is 0.538. The van der Waals surface area contributed by atoms with Crippen molar-refractivity contribution >= 4 is 28.5 Å². The van der Waals surface area contributed by atoms with Gasteiger partial charge in [0.2, 0.25) is 0 Å². The van der Waals surface area contributed by atoms with Crippen molar-refractivity contribution in [3.8, 4) is 0 Å². The highest BCUT2D eigenvalue weighted by atomic mass is 35.5. The molecule has 1 aliphatic carbocycles. The van der Waals surface area contributed by atoms with E-state index in [-0.39, 0.29) is 10.9 Å². The van der Waals surface area contributed by atoms with Crippen LogP contribution in [0.3, 0.4) is 0 Å². The summed E-state index contributed by atoms with van der Waals surface area (Å²) in [5, 5.41) is 5.32. The zero-order chi connectivity index (χ0) is 10.6. The summed E-state index contributed by atoms with van der Waals surface area (Å²) >= 11 is 7.90. The Balaban J connectivity index is 2.26. The number of dihydropyridines is 1. The standard InChI is InChI=1S/C12H12ClNS/c1-12(2)8-3-4-15-11(8)7-6-14-10(13)5-9(7)12/h3-6,10,14H,1-2H3. The van der Waals surface area contributed by atoms with Gasteiger partial charge in [0.25, 0.3) is 0 Å². The van der Waals surface area contributed by atoms with Crippen LogP contribution in [0.2, 0.25) is 0 Å². The molecule has 15 heavy (non-hydrogen) atoms. The lowest BCUT2D eigenvalue weighted by Crippen LogP contribution is -2.24. The van der Waals surface area contributed by atoms with Crippen LogP contribution in [0, 0.1) is 0 Å². The minimum absolute atomic E-state index is 0.0722. The molecule has 2 aliphatic rings. The second-order valence-corrected chi connectivity index (χ2v) is 5.88. The number of hydrogen-bond donors (Lipinski definition) is 1. The van der Waals surface area contributed by atoms with Gasteiger partial charge in [-0.15, -0.1) is 11.3 Å². The molecule has 1 aromatic rings. The van der Waals surface area contributed by atoms with Gasteiger partial charge in [0.15, 0.2) is 0 Å². The van der Waals surface area contributed by atoms with E-state index in [1.165, 1.54) is 21.6 Å². The SMILES string of the molecule is CC1(C)C2=CC(Cl)NC=C2c2sccc21. The fourth-order valence-electron chi connectivity index (χ4n) is 2.41. The van der Waals surface area contributed by atoms with Crippen LogP contribution in [0.15, 0.2) is 29.3 Å². The van der Waals surface area contributed by atoms with Crippen molar-refractivity contribution in [3.63, 3.8) is 0 Å². The van der Waals surface area contributed by atoms with Crippen molar-refractivity contribution in [1.29, 1.82) is 0 Å². The van der Waals surface area contributed by atoms with E-state index in [1.54, 1.807) is 0 Å². The third-order valence-electron chi connectivity index (χ3n) is 3.25. The Morgan fingerprint density at radius 2 is 2.27 bits per heavy atom. The van der Waals surface area contributed by atoms with Crippen LogP contribution in [0.4, 0.5) is 0 Å². The smallest absolute Gasteiger partial charge is 0.120 e. The molecular weight excluding hydrogens is 226 g/mol. The molecule has 0 spiro atoms. The molecule has 3 heteroatoms. The first-order valence-corrected chi connectivity index (χ1v) is 6.33. The third kappa shape index (κ3) is 1.15. The molecule has 0 fully saturated rings. The monoisotopic (exact) mass is 237 g/mol. The van der Waals surface area contributed by atoms with E-state index in [0.29, 0.717) is 0 Å². The molecule has 0 saturated heterocycles. The maximum absolute atomic E-state index is 6.09. The average Bonchev–Trinajstić information content (AvgIpc) is 2.72. The summed E-state index contributed by atoms with van der Waals surface area (Å²) in [5.41, 5.74) is 4.15. The molecule has 1 aliphatic heterocycles. The number of nitrogens with one attached hydrogen (secondary N) is 1. The predicted octanol–water partition coefficient (Wildman–Crippen LogP) is 3.47. The van der Waals surface area contributed by atoms with Gasteiger partial charge < -0.3 is 5.32 Å². The highest BCUT2D eigenvalue weighted by Gasteiger charge is 2.40. The Kier molecular flexibility index (Phi) is 1.83. The molecule has 1 atom stereocenters. The second kappa shape index (κ2) is 2.89. The number of rotatable bonds is 0. The van der Waals surface area contributed by atoms with E-state index < -0.39 is 0 Å². The lowest BCUT2D eigenvalue weighted by Gasteiger charge is -2.25.